The molecule has 0 aliphatic carbocycles. The maximum Gasteiger partial charge on any atom is 0.135 e. The normalized spacial score (nSPS) is 10.5. The zero-order valence-corrected chi connectivity index (χ0v) is 8.81. The van der Waals surface area contributed by atoms with Crippen molar-refractivity contribution in [2.45, 2.75) is 20.4 Å². The Hall–Kier alpha value is -1.91. The minimum absolute atomic E-state index is 0.639. The molecule has 5 heteroatoms. The van der Waals surface area contributed by atoms with Gasteiger partial charge in [-0.3, -0.25) is 14.6 Å². The maximum absolute atomic E-state index is 5.87. The molecule has 2 rings (SSSR count). The Morgan fingerprint density at radius 3 is 2.60 bits per heavy atom. The van der Waals surface area contributed by atoms with Crippen molar-refractivity contribution in [1.82, 2.24) is 19.7 Å². The Labute approximate surface area is 88.0 Å². The average molecular weight is 203 g/mol. The maximum atomic E-state index is 5.87. The van der Waals surface area contributed by atoms with E-state index in [1.807, 2.05) is 20.0 Å². The molecule has 0 aromatic carbocycles. The van der Waals surface area contributed by atoms with Crippen LogP contribution in [0.2, 0.25) is 0 Å². The number of anilines is 1. The molecule has 5 nitrogen and oxygen atoms in total. The molecule has 0 atom stereocenters. The number of hydrogen-bond donors (Lipinski definition) is 1. The van der Waals surface area contributed by atoms with E-state index < -0.39 is 0 Å². The SMILES string of the molecule is CCn1cc(N)c(-c2nccnc2C)n1. The highest BCUT2D eigenvalue weighted by molar-refractivity contribution is 5.70. The average Bonchev–Trinajstić information content (AvgIpc) is 2.60. The summed E-state index contributed by atoms with van der Waals surface area (Å²) in [7, 11) is 0. The van der Waals surface area contributed by atoms with Gasteiger partial charge in [0.15, 0.2) is 0 Å². The summed E-state index contributed by atoms with van der Waals surface area (Å²) in [6, 6.07) is 0. The lowest BCUT2D eigenvalue weighted by Crippen LogP contribution is -1.96. The number of hydrogen-bond acceptors (Lipinski definition) is 4. The van der Waals surface area contributed by atoms with E-state index in [9.17, 15) is 0 Å². The minimum atomic E-state index is 0.639. The van der Waals surface area contributed by atoms with E-state index in [0.717, 1.165) is 17.9 Å². The summed E-state index contributed by atoms with van der Waals surface area (Å²) >= 11 is 0. The van der Waals surface area contributed by atoms with Crippen molar-refractivity contribution in [3.8, 4) is 11.4 Å². The predicted octanol–water partition coefficient (Wildman–Crippen LogP) is 1.25. The molecule has 0 aliphatic rings. The first kappa shape index (κ1) is 9.64. The van der Waals surface area contributed by atoms with Gasteiger partial charge >= 0.3 is 0 Å². The fraction of sp³-hybridized carbons (Fsp3) is 0.300. The number of aromatic nitrogens is 4. The van der Waals surface area contributed by atoms with Crippen molar-refractivity contribution < 1.29 is 0 Å². The second kappa shape index (κ2) is 3.68. The van der Waals surface area contributed by atoms with Crippen molar-refractivity contribution in [2.24, 2.45) is 0 Å². The molecule has 15 heavy (non-hydrogen) atoms. The Morgan fingerprint density at radius 1 is 1.27 bits per heavy atom. The van der Waals surface area contributed by atoms with Gasteiger partial charge < -0.3 is 5.73 Å². The number of nitrogen functional groups attached to an aromatic ring is 1. The fourth-order valence-corrected chi connectivity index (χ4v) is 1.42. The van der Waals surface area contributed by atoms with Crippen molar-refractivity contribution in [3.63, 3.8) is 0 Å². The number of aryl methyl sites for hydroxylation is 2. The van der Waals surface area contributed by atoms with E-state index in [4.69, 9.17) is 5.73 Å². The van der Waals surface area contributed by atoms with Crippen molar-refractivity contribution in [1.29, 1.82) is 0 Å². The van der Waals surface area contributed by atoms with Gasteiger partial charge in [0.05, 0.1) is 11.4 Å². The first-order valence-corrected chi connectivity index (χ1v) is 4.83. The second-order valence-corrected chi connectivity index (χ2v) is 3.28. The lowest BCUT2D eigenvalue weighted by Gasteiger charge is -2.00. The van der Waals surface area contributed by atoms with Crippen LogP contribution in [0.4, 0.5) is 5.69 Å². The number of nitrogens with zero attached hydrogens (tertiary/aromatic N) is 4. The largest absolute Gasteiger partial charge is 0.396 e. The van der Waals surface area contributed by atoms with Crippen LogP contribution in [0, 0.1) is 6.92 Å². The molecule has 0 saturated carbocycles. The van der Waals surface area contributed by atoms with Gasteiger partial charge in [-0.1, -0.05) is 0 Å². The fourth-order valence-electron chi connectivity index (χ4n) is 1.42. The van der Waals surface area contributed by atoms with Crippen molar-refractivity contribution >= 4 is 5.69 Å². The molecule has 0 saturated heterocycles. The Bertz CT molecular complexity index is 474. The lowest BCUT2D eigenvalue weighted by molar-refractivity contribution is 0.661. The van der Waals surface area contributed by atoms with Gasteiger partial charge in [0.2, 0.25) is 0 Å². The van der Waals surface area contributed by atoms with Crippen LogP contribution in [0.5, 0.6) is 0 Å². The van der Waals surface area contributed by atoms with Gasteiger partial charge in [-0.25, -0.2) is 0 Å². The summed E-state index contributed by atoms with van der Waals surface area (Å²) in [6.45, 7) is 4.70. The highest BCUT2D eigenvalue weighted by Crippen LogP contribution is 2.23. The third-order valence-electron chi connectivity index (χ3n) is 2.22. The van der Waals surface area contributed by atoms with Gasteiger partial charge in [0, 0.05) is 25.1 Å². The van der Waals surface area contributed by atoms with Gasteiger partial charge in [-0.05, 0) is 13.8 Å². The molecule has 0 unspecified atom stereocenters. The molecular formula is C10H13N5. The molecule has 2 N–H and O–H groups in total. The van der Waals surface area contributed by atoms with E-state index in [1.165, 1.54) is 0 Å². The molecule has 2 heterocycles. The van der Waals surface area contributed by atoms with Crippen LogP contribution in [0.1, 0.15) is 12.6 Å². The molecule has 78 valence electrons. The highest BCUT2D eigenvalue weighted by Gasteiger charge is 2.11. The summed E-state index contributed by atoms with van der Waals surface area (Å²) in [6.07, 6.45) is 5.11. The molecule has 0 spiro atoms. The molecule has 2 aromatic heterocycles. The van der Waals surface area contributed by atoms with Crippen LogP contribution in [0.3, 0.4) is 0 Å². The van der Waals surface area contributed by atoms with Crippen LogP contribution in [-0.2, 0) is 6.54 Å². The zero-order chi connectivity index (χ0) is 10.8. The minimum Gasteiger partial charge on any atom is -0.396 e. The summed E-state index contributed by atoms with van der Waals surface area (Å²) in [4.78, 5) is 8.40. The van der Waals surface area contributed by atoms with Crippen LogP contribution >= 0.6 is 0 Å². The van der Waals surface area contributed by atoms with Gasteiger partial charge in [-0.15, -0.1) is 0 Å². The third-order valence-corrected chi connectivity index (χ3v) is 2.22. The first-order valence-electron chi connectivity index (χ1n) is 4.83. The van der Waals surface area contributed by atoms with E-state index >= 15 is 0 Å². The standard InChI is InChI=1S/C10H13N5/c1-3-15-6-8(11)10(14-15)9-7(2)12-4-5-13-9/h4-6H,3,11H2,1-2H3. The number of nitrogens with two attached hydrogens (primary N) is 1. The van der Waals surface area contributed by atoms with Crippen LogP contribution < -0.4 is 5.73 Å². The number of rotatable bonds is 2. The monoisotopic (exact) mass is 203 g/mol. The topological polar surface area (TPSA) is 69.6 Å². The third kappa shape index (κ3) is 1.68. The highest BCUT2D eigenvalue weighted by atomic mass is 15.3. The zero-order valence-electron chi connectivity index (χ0n) is 8.81. The Balaban J connectivity index is 2.54. The second-order valence-electron chi connectivity index (χ2n) is 3.28. The van der Waals surface area contributed by atoms with Crippen LogP contribution in [0.25, 0.3) is 11.4 Å². The van der Waals surface area contributed by atoms with Crippen LogP contribution in [0.15, 0.2) is 18.6 Å². The predicted molar refractivity (Wildman–Crippen MR) is 58.1 cm³/mol. The molecule has 0 fully saturated rings. The van der Waals surface area contributed by atoms with Crippen LogP contribution in [-0.4, -0.2) is 19.7 Å². The van der Waals surface area contributed by atoms with E-state index in [-0.39, 0.29) is 0 Å². The van der Waals surface area contributed by atoms with Gasteiger partial charge in [0.25, 0.3) is 0 Å². The van der Waals surface area contributed by atoms with Gasteiger partial charge in [-0.2, -0.15) is 5.10 Å². The Morgan fingerprint density at radius 2 is 2.00 bits per heavy atom. The molecule has 0 amide bonds. The van der Waals surface area contributed by atoms with E-state index in [2.05, 4.69) is 15.1 Å². The quantitative estimate of drug-likeness (QED) is 0.797. The lowest BCUT2D eigenvalue weighted by atomic mass is 10.2. The van der Waals surface area contributed by atoms with Crippen molar-refractivity contribution in [3.05, 3.63) is 24.3 Å². The molecule has 2 aromatic rings. The summed E-state index contributed by atoms with van der Waals surface area (Å²) in [5.41, 5.74) is 8.81. The summed E-state index contributed by atoms with van der Waals surface area (Å²) in [5, 5.41) is 4.35. The van der Waals surface area contributed by atoms with E-state index in [1.54, 1.807) is 17.1 Å². The molecule has 0 bridgehead atoms. The summed E-state index contributed by atoms with van der Waals surface area (Å²) < 4.78 is 1.79. The smallest absolute Gasteiger partial charge is 0.135 e. The van der Waals surface area contributed by atoms with E-state index in [0.29, 0.717) is 11.4 Å². The Kier molecular flexibility index (Phi) is 2.37. The summed E-state index contributed by atoms with van der Waals surface area (Å²) in [5.74, 6) is 0. The van der Waals surface area contributed by atoms with Crippen molar-refractivity contribution in [2.75, 3.05) is 5.73 Å². The first-order chi connectivity index (χ1) is 7.22. The van der Waals surface area contributed by atoms with Gasteiger partial charge in [0.1, 0.15) is 11.4 Å². The molecule has 0 aliphatic heterocycles. The molecular weight excluding hydrogens is 190 g/mol. The molecule has 0 radical (unpaired) electrons.